The first kappa shape index (κ1) is 14.1. The third-order valence-corrected chi connectivity index (χ3v) is 3.67. The van der Waals surface area contributed by atoms with Gasteiger partial charge in [-0.05, 0) is 29.7 Å². The molecule has 0 aromatic heterocycles. The quantitative estimate of drug-likeness (QED) is 0.726. The van der Waals surface area contributed by atoms with Crippen molar-refractivity contribution in [1.29, 1.82) is 0 Å². The second kappa shape index (κ2) is 6.23. The summed E-state index contributed by atoms with van der Waals surface area (Å²) < 4.78 is 0. The maximum absolute atomic E-state index is 12.2. The molecule has 0 radical (unpaired) electrons. The average Bonchev–Trinajstić information content (AvgIpc) is 2.39. The highest BCUT2D eigenvalue weighted by atomic mass is 35.5. The molecule has 0 N–H and O–H groups in total. The molecule has 3 heteroatoms. The number of hydrogen-bond donors (Lipinski definition) is 0. The topological polar surface area (TPSA) is 17.1 Å². The minimum Gasteiger partial charge on any atom is -0.294 e. The molecule has 0 fully saturated rings. The molecule has 2 aromatic rings. The van der Waals surface area contributed by atoms with Crippen LogP contribution in [0.3, 0.4) is 0 Å². The number of ketones is 1. The number of benzene rings is 2. The summed E-state index contributed by atoms with van der Waals surface area (Å²) in [6.07, 6.45) is 1.30. The van der Waals surface area contributed by atoms with Crippen molar-refractivity contribution >= 4 is 29.0 Å². The molecule has 0 amide bonds. The highest BCUT2D eigenvalue weighted by Gasteiger charge is 2.14. The van der Waals surface area contributed by atoms with Crippen LogP contribution in [0.25, 0.3) is 0 Å². The van der Waals surface area contributed by atoms with Crippen LogP contribution in [0.15, 0.2) is 42.5 Å². The van der Waals surface area contributed by atoms with Crippen molar-refractivity contribution in [2.75, 3.05) is 0 Å². The molecule has 0 bridgehead atoms. The predicted molar refractivity (Wildman–Crippen MR) is 80.3 cm³/mol. The van der Waals surface area contributed by atoms with Crippen molar-refractivity contribution in [2.45, 2.75) is 19.8 Å². The lowest BCUT2D eigenvalue weighted by Gasteiger charge is -2.06. The van der Waals surface area contributed by atoms with E-state index in [0.717, 1.165) is 12.0 Å². The Kier molecular flexibility index (Phi) is 4.62. The summed E-state index contributed by atoms with van der Waals surface area (Å²) in [5.41, 5.74) is 2.63. The van der Waals surface area contributed by atoms with Crippen molar-refractivity contribution < 1.29 is 4.79 Å². The normalized spacial score (nSPS) is 10.5. The molecular weight excluding hydrogens is 279 g/mol. The predicted octanol–water partition coefficient (Wildman–Crippen LogP) is 4.98. The minimum absolute atomic E-state index is 0.0557. The standard InChI is InChI=1S/C16H14Cl2O/c1-2-11-6-8-12(9-7-11)10-15(19)16-13(17)4-3-5-14(16)18/h3-9H,2,10H2,1H3. The van der Waals surface area contributed by atoms with Crippen LogP contribution in [-0.2, 0) is 12.8 Å². The van der Waals surface area contributed by atoms with E-state index in [9.17, 15) is 4.79 Å². The van der Waals surface area contributed by atoms with E-state index in [0.29, 0.717) is 22.0 Å². The molecule has 0 saturated heterocycles. The van der Waals surface area contributed by atoms with E-state index in [1.165, 1.54) is 5.56 Å². The van der Waals surface area contributed by atoms with Crippen LogP contribution < -0.4 is 0 Å². The van der Waals surface area contributed by atoms with E-state index in [-0.39, 0.29) is 5.78 Å². The van der Waals surface area contributed by atoms with Crippen LogP contribution in [0.1, 0.15) is 28.4 Å². The molecule has 0 heterocycles. The van der Waals surface area contributed by atoms with Crippen molar-refractivity contribution in [3.63, 3.8) is 0 Å². The summed E-state index contributed by atoms with van der Waals surface area (Å²) in [6, 6.07) is 13.1. The minimum atomic E-state index is -0.0557. The van der Waals surface area contributed by atoms with E-state index >= 15 is 0 Å². The van der Waals surface area contributed by atoms with Gasteiger partial charge in [-0.15, -0.1) is 0 Å². The molecular formula is C16H14Cl2O. The summed E-state index contributed by atoms with van der Waals surface area (Å²) in [6.45, 7) is 2.10. The zero-order valence-corrected chi connectivity index (χ0v) is 12.1. The van der Waals surface area contributed by atoms with Crippen molar-refractivity contribution in [3.05, 3.63) is 69.2 Å². The molecule has 1 nitrogen and oxygen atoms in total. The fourth-order valence-corrected chi connectivity index (χ4v) is 2.54. The van der Waals surface area contributed by atoms with E-state index in [4.69, 9.17) is 23.2 Å². The Morgan fingerprint density at radius 2 is 1.47 bits per heavy atom. The highest BCUT2D eigenvalue weighted by Crippen LogP contribution is 2.25. The second-order valence-electron chi connectivity index (χ2n) is 4.37. The molecule has 0 aliphatic rings. The van der Waals surface area contributed by atoms with E-state index in [1.54, 1.807) is 18.2 Å². The number of aryl methyl sites for hydroxylation is 1. The third kappa shape index (κ3) is 3.37. The SMILES string of the molecule is CCc1ccc(CC(=O)c2c(Cl)cccc2Cl)cc1. The smallest absolute Gasteiger partial charge is 0.170 e. The molecule has 0 unspecified atom stereocenters. The first-order valence-electron chi connectivity index (χ1n) is 6.17. The number of Topliss-reactive ketones (excluding diaryl/α,β-unsaturated/α-hetero) is 1. The van der Waals surface area contributed by atoms with Gasteiger partial charge in [-0.3, -0.25) is 4.79 Å². The molecule has 0 saturated carbocycles. The summed E-state index contributed by atoms with van der Waals surface area (Å²) in [5, 5.41) is 0.811. The molecule has 0 spiro atoms. The van der Waals surface area contributed by atoms with Gasteiger partial charge in [0.05, 0.1) is 15.6 Å². The monoisotopic (exact) mass is 292 g/mol. The molecule has 19 heavy (non-hydrogen) atoms. The van der Waals surface area contributed by atoms with Crippen LogP contribution >= 0.6 is 23.2 Å². The number of halogens is 2. The Morgan fingerprint density at radius 3 is 2.00 bits per heavy atom. The Morgan fingerprint density at radius 1 is 0.947 bits per heavy atom. The van der Waals surface area contributed by atoms with Gasteiger partial charge < -0.3 is 0 Å². The summed E-state index contributed by atoms with van der Waals surface area (Å²) in [4.78, 5) is 12.2. The lowest BCUT2D eigenvalue weighted by molar-refractivity contribution is 0.0993. The Labute approximate surface area is 123 Å². The fraction of sp³-hybridized carbons (Fsp3) is 0.188. The fourth-order valence-electron chi connectivity index (χ4n) is 1.93. The van der Waals surface area contributed by atoms with Gasteiger partial charge in [0.2, 0.25) is 0 Å². The number of hydrogen-bond acceptors (Lipinski definition) is 1. The van der Waals surface area contributed by atoms with Crippen LogP contribution in [0.4, 0.5) is 0 Å². The van der Waals surface area contributed by atoms with Gasteiger partial charge in [0.25, 0.3) is 0 Å². The van der Waals surface area contributed by atoms with Gasteiger partial charge in [0.15, 0.2) is 5.78 Å². The molecule has 98 valence electrons. The van der Waals surface area contributed by atoms with E-state index in [2.05, 4.69) is 6.92 Å². The Balaban J connectivity index is 2.21. The number of rotatable bonds is 4. The summed E-state index contributed by atoms with van der Waals surface area (Å²) >= 11 is 12.1. The maximum Gasteiger partial charge on any atom is 0.170 e. The van der Waals surface area contributed by atoms with E-state index < -0.39 is 0 Å². The Bertz CT molecular complexity index is 568. The molecule has 2 aromatic carbocycles. The molecule has 0 atom stereocenters. The second-order valence-corrected chi connectivity index (χ2v) is 5.18. The lowest BCUT2D eigenvalue weighted by atomic mass is 10.0. The van der Waals surface area contributed by atoms with Gasteiger partial charge in [0, 0.05) is 6.42 Å². The third-order valence-electron chi connectivity index (χ3n) is 3.04. The molecule has 0 aliphatic heterocycles. The first-order valence-corrected chi connectivity index (χ1v) is 6.92. The number of carbonyl (C=O) groups is 1. The zero-order chi connectivity index (χ0) is 13.8. The Hall–Kier alpha value is -1.31. The lowest BCUT2D eigenvalue weighted by Crippen LogP contribution is -2.05. The van der Waals surface area contributed by atoms with Crippen LogP contribution in [-0.4, -0.2) is 5.78 Å². The van der Waals surface area contributed by atoms with Crippen LogP contribution in [0.5, 0.6) is 0 Å². The first-order chi connectivity index (χ1) is 9.11. The zero-order valence-electron chi connectivity index (χ0n) is 10.6. The van der Waals surface area contributed by atoms with Crippen molar-refractivity contribution in [1.82, 2.24) is 0 Å². The number of carbonyl (C=O) groups excluding carboxylic acids is 1. The summed E-state index contributed by atoms with van der Waals surface area (Å²) in [7, 11) is 0. The highest BCUT2D eigenvalue weighted by molar-refractivity contribution is 6.39. The van der Waals surface area contributed by atoms with Gasteiger partial charge in [-0.1, -0.05) is 60.5 Å². The van der Waals surface area contributed by atoms with Crippen LogP contribution in [0.2, 0.25) is 10.0 Å². The van der Waals surface area contributed by atoms with E-state index in [1.807, 2.05) is 24.3 Å². The van der Waals surface area contributed by atoms with Gasteiger partial charge in [-0.25, -0.2) is 0 Å². The van der Waals surface area contributed by atoms with Crippen LogP contribution in [0, 0.1) is 0 Å². The largest absolute Gasteiger partial charge is 0.294 e. The molecule has 0 aliphatic carbocycles. The van der Waals surface area contributed by atoms with Gasteiger partial charge in [-0.2, -0.15) is 0 Å². The molecule has 2 rings (SSSR count). The maximum atomic E-state index is 12.2. The van der Waals surface area contributed by atoms with Gasteiger partial charge >= 0.3 is 0 Å². The van der Waals surface area contributed by atoms with Gasteiger partial charge in [0.1, 0.15) is 0 Å². The van der Waals surface area contributed by atoms with Crippen molar-refractivity contribution in [2.24, 2.45) is 0 Å². The summed E-state index contributed by atoms with van der Waals surface area (Å²) in [5.74, 6) is -0.0557. The average molecular weight is 293 g/mol. The van der Waals surface area contributed by atoms with Crippen molar-refractivity contribution in [3.8, 4) is 0 Å².